The first kappa shape index (κ1) is 14.7. The molecular weight excluding hydrogens is 320 g/mol. The van der Waals surface area contributed by atoms with Crippen molar-refractivity contribution in [1.82, 2.24) is 9.55 Å². The van der Waals surface area contributed by atoms with Crippen molar-refractivity contribution < 1.29 is 4.79 Å². The van der Waals surface area contributed by atoms with Crippen molar-refractivity contribution in [2.75, 3.05) is 0 Å². The molecular formula is C20H13ClN2O. The zero-order valence-corrected chi connectivity index (χ0v) is 13.4. The van der Waals surface area contributed by atoms with Gasteiger partial charge < -0.3 is 0 Å². The lowest BCUT2D eigenvalue weighted by molar-refractivity contribution is 0.103. The molecule has 2 aromatic heterocycles. The molecule has 0 N–H and O–H groups in total. The fourth-order valence-electron chi connectivity index (χ4n) is 2.84. The Morgan fingerprint density at radius 3 is 2.46 bits per heavy atom. The molecule has 0 atom stereocenters. The largest absolute Gasteiger partial charge is 0.290 e. The molecule has 4 aromatic rings. The summed E-state index contributed by atoms with van der Waals surface area (Å²) in [7, 11) is 0. The van der Waals surface area contributed by atoms with E-state index in [2.05, 4.69) is 4.98 Å². The number of benzene rings is 2. The van der Waals surface area contributed by atoms with Crippen LogP contribution in [0, 0.1) is 0 Å². The molecule has 0 saturated heterocycles. The summed E-state index contributed by atoms with van der Waals surface area (Å²) in [6, 6.07) is 22.5. The van der Waals surface area contributed by atoms with Gasteiger partial charge in [-0.3, -0.25) is 9.36 Å². The maximum atomic E-state index is 13.1. The van der Waals surface area contributed by atoms with Crippen LogP contribution in [0.5, 0.6) is 0 Å². The predicted octanol–water partition coefficient (Wildman–Crippen LogP) is 4.91. The van der Waals surface area contributed by atoms with Gasteiger partial charge in [0.05, 0.1) is 16.2 Å². The highest BCUT2D eigenvalue weighted by Gasteiger charge is 2.20. The molecule has 0 bridgehead atoms. The van der Waals surface area contributed by atoms with Gasteiger partial charge in [-0.2, -0.15) is 0 Å². The Bertz CT molecular complexity index is 1040. The number of nitrogens with zero attached hydrogens (tertiary/aromatic N) is 2. The molecule has 2 heterocycles. The number of aromatic nitrogens is 2. The van der Waals surface area contributed by atoms with Crippen molar-refractivity contribution in [2.24, 2.45) is 0 Å². The molecule has 0 saturated carbocycles. The number of hydrogen-bond acceptors (Lipinski definition) is 2. The van der Waals surface area contributed by atoms with Crippen LogP contribution >= 0.6 is 11.6 Å². The first-order valence-corrected chi connectivity index (χ1v) is 7.94. The lowest BCUT2D eigenvalue weighted by atomic mass is 10.1. The molecule has 0 amide bonds. The molecule has 116 valence electrons. The lowest BCUT2D eigenvalue weighted by Gasteiger charge is -2.10. The highest BCUT2D eigenvalue weighted by Crippen LogP contribution is 2.27. The number of carbonyl (C=O) groups excluding carboxylic acids is 1. The van der Waals surface area contributed by atoms with Crippen LogP contribution in [0.15, 0.2) is 79.0 Å². The van der Waals surface area contributed by atoms with Crippen LogP contribution in [0.25, 0.3) is 16.7 Å². The second-order valence-corrected chi connectivity index (χ2v) is 5.83. The van der Waals surface area contributed by atoms with E-state index in [1.165, 1.54) is 0 Å². The van der Waals surface area contributed by atoms with Gasteiger partial charge in [-0.25, -0.2) is 4.98 Å². The standard InChI is InChI=1S/C20H13ClN2O/c21-16-9-3-2-8-15(16)20(24)18-13-14-7-1-4-10-17(14)23(18)19-11-5-6-12-22-19/h1-13H. The normalized spacial score (nSPS) is 10.9. The summed E-state index contributed by atoms with van der Waals surface area (Å²) in [5.41, 5.74) is 1.97. The van der Waals surface area contributed by atoms with E-state index in [0.717, 1.165) is 10.9 Å². The number of fused-ring (bicyclic) bond motifs is 1. The summed E-state index contributed by atoms with van der Waals surface area (Å²) in [4.78, 5) is 17.5. The van der Waals surface area contributed by atoms with Crippen LogP contribution in [0.1, 0.15) is 16.1 Å². The summed E-state index contributed by atoms with van der Waals surface area (Å²) < 4.78 is 1.88. The van der Waals surface area contributed by atoms with Crippen LogP contribution in [0.2, 0.25) is 5.02 Å². The molecule has 0 aliphatic heterocycles. The average molecular weight is 333 g/mol. The molecule has 0 radical (unpaired) electrons. The molecule has 4 heteroatoms. The number of carbonyl (C=O) groups is 1. The fraction of sp³-hybridized carbons (Fsp3) is 0. The topological polar surface area (TPSA) is 34.9 Å². The van der Waals surface area contributed by atoms with E-state index >= 15 is 0 Å². The molecule has 0 aliphatic rings. The van der Waals surface area contributed by atoms with E-state index in [-0.39, 0.29) is 5.78 Å². The summed E-state index contributed by atoms with van der Waals surface area (Å²) in [6.07, 6.45) is 1.72. The van der Waals surface area contributed by atoms with Crippen LogP contribution in [0.3, 0.4) is 0 Å². The quantitative estimate of drug-likeness (QED) is 0.500. The third-order valence-electron chi connectivity index (χ3n) is 3.94. The lowest BCUT2D eigenvalue weighted by Crippen LogP contribution is -2.10. The first-order chi connectivity index (χ1) is 11.8. The molecule has 24 heavy (non-hydrogen) atoms. The minimum absolute atomic E-state index is 0.123. The Morgan fingerprint density at radius 2 is 1.67 bits per heavy atom. The Labute approximate surface area is 144 Å². The molecule has 0 spiro atoms. The summed E-state index contributed by atoms with van der Waals surface area (Å²) >= 11 is 6.22. The molecule has 2 aromatic carbocycles. The van der Waals surface area contributed by atoms with Crippen molar-refractivity contribution in [3.8, 4) is 5.82 Å². The van der Waals surface area contributed by atoms with Crippen molar-refractivity contribution in [1.29, 1.82) is 0 Å². The van der Waals surface area contributed by atoms with Crippen LogP contribution < -0.4 is 0 Å². The van der Waals surface area contributed by atoms with E-state index in [9.17, 15) is 4.79 Å². The molecule has 4 rings (SSSR count). The Hall–Kier alpha value is -2.91. The Balaban J connectivity index is 1.99. The fourth-order valence-corrected chi connectivity index (χ4v) is 3.06. The predicted molar refractivity (Wildman–Crippen MR) is 96.0 cm³/mol. The van der Waals surface area contributed by atoms with Crippen molar-refractivity contribution >= 4 is 28.3 Å². The number of ketones is 1. The van der Waals surface area contributed by atoms with Gasteiger partial charge in [-0.05, 0) is 36.4 Å². The summed E-state index contributed by atoms with van der Waals surface area (Å²) in [5, 5.41) is 1.43. The smallest absolute Gasteiger partial charge is 0.211 e. The minimum Gasteiger partial charge on any atom is -0.290 e. The van der Waals surface area contributed by atoms with E-state index in [1.807, 2.05) is 65.2 Å². The van der Waals surface area contributed by atoms with Gasteiger partial charge in [0.1, 0.15) is 5.82 Å². The van der Waals surface area contributed by atoms with Gasteiger partial charge in [0.25, 0.3) is 0 Å². The van der Waals surface area contributed by atoms with Gasteiger partial charge in [0.2, 0.25) is 5.78 Å². The van der Waals surface area contributed by atoms with Crippen LogP contribution in [-0.4, -0.2) is 15.3 Å². The van der Waals surface area contributed by atoms with E-state index < -0.39 is 0 Å². The zero-order valence-electron chi connectivity index (χ0n) is 12.7. The van der Waals surface area contributed by atoms with E-state index in [0.29, 0.717) is 22.1 Å². The first-order valence-electron chi connectivity index (χ1n) is 7.57. The third kappa shape index (κ3) is 2.39. The third-order valence-corrected chi connectivity index (χ3v) is 4.27. The van der Waals surface area contributed by atoms with E-state index in [1.54, 1.807) is 18.3 Å². The second-order valence-electron chi connectivity index (χ2n) is 5.42. The number of hydrogen-bond donors (Lipinski definition) is 0. The number of halogens is 1. The SMILES string of the molecule is O=C(c1ccccc1Cl)c1cc2ccccc2n1-c1ccccn1. The van der Waals surface area contributed by atoms with Crippen LogP contribution in [-0.2, 0) is 0 Å². The Morgan fingerprint density at radius 1 is 0.917 bits per heavy atom. The highest BCUT2D eigenvalue weighted by molar-refractivity contribution is 6.35. The molecule has 0 fully saturated rings. The number of pyridine rings is 1. The Kier molecular flexibility index (Phi) is 3.63. The van der Waals surface area contributed by atoms with E-state index in [4.69, 9.17) is 11.6 Å². The summed E-state index contributed by atoms with van der Waals surface area (Å²) in [5.74, 6) is 0.580. The maximum absolute atomic E-state index is 13.1. The van der Waals surface area contributed by atoms with Crippen molar-refractivity contribution in [2.45, 2.75) is 0 Å². The summed E-state index contributed by atoms with van der Waals surface area (Å²) in [6.45, 7) is 0. The number of para-hydroxylation sites is 1. The van der Waals surface area contributed by atoms with Crippen LogP contribution in [0.4, 0.5) is 0 Å². The maximum Gasteiger partial charge on any atom is 0.211 e. The van der Waals surface area contributed by atoms with Gasteiger partial charge in [-0.1, -0.05) is 48.0 Å². The molecule has 3 nitrogen and oxygen atoms in total. The average Bonchev–Trinajstić information content (AvgIpc) is 3.02. The molecule has 0 aliphatic carbocycles. The van der Waals surface area contributed by atoms with Crippen molar-refractivity contribution in [3.63, 3.8) is 0 Å². The van der Waals surface area contributed by atoms with Gasteiger partial charge in [0.15, 0.2) is 0 Å². The van der Waals surface area contributed by atoms with Crippen molar-refractivity contribution in [3.05, 3.63) is 95.3 Å². The highest BCUT2D eigenvalue weighted by atomic mass is 35.5. The number of rotatable bonds is 3. The van der Waals surface area contributed by atoms with Gasteiger partial charge in [-0.15, -0.1) is 0 Å². The minimum atomic E-state index is -0.123. The molecule has 0 unspecified atom stereocenters. The second kappa shape index (κ2) is 5.95. The zero-order chi connectivity index (χ0) is 16.5. The van der Waals surface area contributed by atoms with Gasteiger partial charge in [0, 0.05) is 17.1 Å². The monoisotopic (exact) mass is 332 g/mol. The van der Waals surface area contributed by atoms with Gasteiger partial charge >= 0.3 is 0 Å².